The minimum Gasteiger partial charge on any atom is -0.354 e. The number of fused-ring (bicyclic) bond motifs is 9. The summed E-state index contributed by atoms with van der Waals surface area (Å²) in [5.74, 6) is 0.120. The number of hydrogen-bond donors (Lipinski definition) is 1. The molecule has 1 N–H and O–H groups in total. The van der Waals surface area contributed by atoms with Crippen molar-refractivity contribution in [1.29, 1.82) is 0 Å². The van der Waals surface area contributed by atoms with Gasteiger partial charge in [0.05, 0.1) is 5.69 Å². The van der Waals surface area contributed by atoms with E-state index in [9.17, 15) is 4.79 Å². The summed E-state index contributed by atoms with van der Waals surface area (Å²) in [6.45, 7) is 0. The van der Waals surface area contributed by atoms with Crippen molar-refractivity contribution in [2.24, 2.45) is 0 Å². The summed E-state index contributed by atoms with van der Waals surface area (Å²) in [6, 6.07) is 24.7. The number of carbonyl (C=O) groups excluding carboxylic acids is 1. The second kappa shape index (κ2) is 4.44. The lowest BCUT2D eigenvalue weighted by molar-refractivity contribution is -0.120. The van der Waals surface area contributed by atoms with Crippen LogP contribution in [0.15, 0.2) is 72.8 Å². The van der Waals surface area contributed by atoms with Crippen molar-refractivity contribution in [3.05, 3.63) is 89.5 Å². The van der Waals surface area contributed by atoms with Gasteiger partial charge in [0, 0.05) is 40.3 Å². The number of aromatic nitrogens is 1. The van der Waals surface area contributed by atoms with Gasteiger partial charge in [-0.3, -0.25) is 4.79 Å². The maximum atomic E-state index is 13.8. The molecule has 3 nitrogen and oxygen atoms in total. The molecule has 124 valence electrons. The van der Waals surface area contributed by atoms with E-state index in [0.29, 0.717) is 0 Å². The third-order valence-electron chi connectivity index (χ3n) is 5.98. The van der Waals surface area contributed by atoms with Crippen LogP contribution in [0.1, 0.15) is 16.7 Å². The Morgan fingerprint density at radius 2 is 1.54 bits per heavy atom. The topological polar surface area (TPSA) is 36.1 Å². The summed E-state index contributed by atoms with van der Waals surface area (Å²) in [5.41, 5.74) is 6.74. The Morgan fingerprint density at radius 1 is 0.846 bits per heavy atom. The summed E-state index contributed by atoms with van der Waals surface area (Å²) >= 11 is 0. The quantitative estimate of drug-likeness (QED) is 0.506. The van der Waals surface area contributed by atoms with E-state index >= 15 is 0 Å². The lowest BCUT2D eigenvalue weighted by Gasteiger charge is -2.26. The maximum Gasteiger partial charge on any atom is 0.246 e. The Bertz CT molecular complexity index is 1240. The number of nitrogens with zero attached hydrogens (tertiary/aromatic N) is 1. The summed E-state index contributed by atoms with van der Waals surface area (Å²) in [7, 11) is 1.88. The van der Waals surface area contributed by atoms with Gasteiger partial charge in [-0.2, -0.15) is 0 Å². The second-order valence-corrected chi connectivity index (χ2v) is 7.10. The molecule has 1 aliphatic heterocycles. The molecule has 3 heteroatoms. The average molecular weight is 336 g/mol. The normalized spacial score (nSPS) is 19.9. The van der Waals surface area contributed by atoms with Crippen LogP contribution >= 0.6 is 0 Å². The van der Waals surface area contributed by atoms with E-state index in [2.05, 4.69) is 35.3 Å². The molecule has 2 aliphatic rings. The maximum absolute atomic E-state index is 13.8. The first-order valence-corrected chi connectivity index (χ1v) is 8.83. The summed E-state index contributed by atoms with van der Waals surface area (Å²) in [4.78, 5) is 19.2. The van der Waals surface area contributed by atoms with Gasteiger partial charge in [0.25, 0.3) is 0 Å². The lowest BCUT2D eigenvalue weighted by Crippen LogP contribution is -2.39. The van der Waals surface area contributed by atoms with E-state index in [1.54, 1.807) is 0 Å². The third-order valence-corrected chi connectivity index (χ3v) is 5.98. The summed E-state index contributed by atoms with van der Waals surface area (Å²) < 4.78 is 0. The number of aromatic amines is 1. The SMILES string of the molecule is CN1C(=O)C2(c3ccccc3-c3[nH]c4ccccc4c32)c2ccccc21. The third kappa shape index (κ3) is 1.33. The van der Waals surface area contributed by atoms with Gasteiger partial charge in [-0.25, -0.2) is 0 Å². The zero-order valence-corrected chi connectivity index (χ0v) is 14.3. The van der Waals surface area contributed by atoms with E-state index in [0.717, 1.165) is 44.5 Å². The molecule has 1 atom stereocenters. The Morgan fingerprint density at radius 3 is 2.42 bits per heavy atom. The number of likely N-dealkylation sites (N-methyl/N-ethyl adjacent to an activating group) is 1. The molecule has 1 amide bonds. The fourth-order valence-corrected chi connectivity index (χ4v) is 4.96. The number of hydrogen-bond acceptors (Lipinski definition) is 1. The Balaban J connectivity index is 1.87. The van der Waals surface area contributed by atoms with Gasteiger partial charge >= 0.3 is 0 Å². The van der Waals surface area contributed by atoms with E-state index in [1.807, 2.05) is 54.4 Å². The molecule has 0 saturated carbocycles. The van der Waals surface area contributed by atoms with Gasteiger partial charge in [-0.15, -0.1) is 0 Å². The number of carbonyl (C=O) groups is 1. The molecule has 1 aliphatic carbocycles. The van der Waals surface area contributed by atoms with Crippen molar-refractivity contribution >= 4 is 22.5 Å². The molecule has 3 aromatic carbocycles. The largest absolute Gasteiger partial charge is 0.354 e. The van der Waals surface area contributed by atoms with Crippen LogP contribution in [0.3, 0.4) is 0 Å². The van der Waals surface area contributed by atoms with Crippen LogP contribution in [0.25, 0.3) is 22.2 Å². The van der Waals surface area contributed by atoms with Gasteiger partial charge in [-0.05, 0) is 17.7 Å². The lowest BCUT2D eigenvalue weighted by atomic mass is 9.73. The molecule has 1 unspecified atom stereocenters. The fraction of sp³-hybridized carbons (Fsp3) is 0.0870. The number of H-pyrrole nitrogens is 1. The van der Waals surface area contributed by atoms with Crippen molar-refractivity contribution in [2.75, 3.05) is 11.9 Å². The highest BCUT2D eigenvalue weighted by Gasteiger charge is 2.58. The molecule has 2 heterocycles. The van der Waals surface area contributed by atoms with Crippen molar-refractivity contribution in [2.45, 2.75) is 5.41 Å². The van der Waals surface area contributed by atoms with Crippen molar-refractivity contribution in [1.82, 2.24) is 4.98 Å². The molecule has 1 aromatic heterocycles. The Labute approximate surface area is 150 Å². The van der Waals surface area contributed by atoms with Crippen LogP contribution in [-0.4, -0.2) is 17.9 Å². The van der Waals surface area contributed by atoms with Crippen LogP contribution in [0.5, 0.6) is 0 Å². The van der Waals surface area contributed by atoms with E-state index in [-0.39, 0.29) is 5.91 Å². The number of amides is 1. The van der Waals surface area contributed by atoms with E-state index < -0.39 is 5.41 Å². The summed E-state index contributed by atoms with van der Waals surface area (Å²) in [5, 5.41) is 1.12. The molecule has 4 aromatic rings. The number of para-hydroxylation sites is 2. The van der Waals surface area contributed by atoms with E-state index in [1.165, 1.54) is 0 Å². The van der Waals surface area contributed by atoms with Crippen LogP contribution < -0.4 is 4.90 Å². The minimum absolute atomic E-state index is 0.120. The first-order chi connectivity index (χ1) is 12.7. The van der Waals surface area contributed by atoms with Crippen molar-refractivity contribution in [3.63, 3.8) is 0 Å². The minimum atomic E-state index is -0.767. The van der Waals surface area contributed by atoms with Gasteiger partial charge < -0.3 is 9.88 Å². The Hall–Kier alpha value is -3.33. The van der Waals surface area contributed by atoms with Crippen LogP contribution in [-0.2, 0) is 10.2 Å². The predicted molar refractivity (Wildman–Crippen MR) is 103 cm³/mol. The molecule has 0 saturated heterocycles. The van der Waals surface area contributed by atoms with Gasteiger partial charge in [0.1, 0.15) is 5.41 Å². The van der Waals surface area contributed by atoms with Gasteiger partial charge in [-0.1, -0.05) is 60.7 Å². The van der Waals surface area contributed by atoms with Gasteiger partial charge in [0.2, 0.25) is 5.91 Å². The molecular formula is C23H16N2O. The summed E-state index contributed by atoms with van der Waals surface area (Å²) in [6.07, 6.45) is 0. The number of rotatable bonds is 0. The molecule has 26 heavy (non-hydrogen) atoms. The first kappa shape index (κ1) is 13.9. The first-order valence-electron chi connectivity index (χ1n) is 8.83. The second-order valence-electron chi connectivity index (χ2n) is 7.10. The molecule has 6 rings (SSSR count). The highest BCUT2D eigenvalue weighted by Crippen LogP contribution is 2.59. The number of nitrogens with one attached hydrogen (secondary N) is 1. The highest BCUT2D eigenvalue weighted by molar-refractivity contribution is 6.19. The van der Waals surface area contributed by atoms with Gasteiger partial charge in [0.15, 0.2) is 0 Å². The van der Waals surface area contributed by atoms with Crippen molar-refractivity contribution < 1.29 is 4.79 Å². The van der Waals surface area contributed by atoms with E-state index in [4.69, 9.17) is 0 Å². The number of benzene rings is 3. The predicted octanol–water partition coefficient (Wildman–Crippen LogP) is 4.46. The smallest absolute Gasteiger partial charge is 0.246 e. The van der Waals surface area contributed by atoms with Crippen LogP contribution in [0.4, 0.5) is 5.69 Å². The standard InChI is InChI=1S/C23H16N2O/c1-25-19-13-7-5-11-17(19)23(22(25)26)16-10-4-2-8-14(16)21-20(23)15-9-3-6-12-18(15)24-21/h2-13,24H,1H3. The zero-order valence-electron chi connectivity index (χ0n) is 14.3. The van der Waals surface area contributed by atoms with Crippen LogP contribution in [0, 0.1) is 0 Å². The Kier molecular flexibility index (Phi) is 2.37. The monoisotopic (exact) mass is 336 g/mol. The fourth-order valence-electron chi connectivity index (χ4n) is 4.96. The van der Waals surface area contributed by atoms with Crippen molar-refractivity contribution in [3.8, 4) is 11.3 Å². The molecule has 0 fully saturated rings. The molecule has 0 bridgehead atoms. The highest BCUT2D eigenvalue weighted by atomic mass is 16.2. The molecule has 1 spiro atoms. The molecular weight excluding hydrogens is 320 g/mol. The average Bonchev–Trinajstić information content (AvgIpc) is 3.27. The number of anilines is 1. The van der Waals surface area contributed by atoms with Crippen LogP contribution in [0.2, 0.25) is 0 Å². The zero-order chi connectivity index (χ0) is 17.5. The molecule has 0 radical (unpaired) electrons.